The van der Waals surface area contributed by atoms with Gasteiger partial charge in [0.05, 0.1) is 17.4 Å². The maximum absolute atomic E-state index is 10.9. The minimum atomic E-state index is -0.975. The summed E-state index contributed by atoms with van der Waals surface area (Å²) >= 11 is 0. The van der Waals surface area contributed by atoms with Crippen LogP contribution in [0, 0.1) is 0 Å². The van der Waals surface area contributed by atoms with E-state index in [0.29, 0.717) is 11.8 Å². The summed E-state index contributed by atoms with van der Waals surface area (Å²) in [5.74, 6) is 0.00600. The molecule has 0 radical (unpaired) electrons. The molecule has 8 heteroatoms. The van der Waals surface area contributed by atoms with E-state index in [9.17, 15) is 4.79 Å². The average Bonchev–Trinajstić information content (AvgIpc) is 3.08. The summed E-state index contributed by atoms with van der Waals surface area (Å²) in [5.41, 5.74) is 0.976. The van der Waals surface area contributed by atoms with E-state index < -0.39 is 5.97 Å². The van der Waals surface area contributed by atoms with Crippen molar-refractivity contribution in [2.24, 2.45) is 7.05 Å². The van der Waals surface area contributed by atoms with E-state index in [1.54, 1.807) is 40.1 Å². The first-order chi connectivity index (χ1) is 10.1. The van der Waals surface area contributed by atoms with Crippen LogP contribution in [0.2, 0.25) is 0 Å². The van der Waals surface area contributed by atoms with Crippen LogP contribution in [0.25, 0.3) is 5.82 Å². The van der Waals surface area contributed by atoms with Crippen molar-refractivity contribution in [2.45, 2.75) is 0 Å². The lowest BCUT2D eigenvalue weighted by atomic mass is 10.4. The molecule has 8 nitrogen and oxygen atoms in total. The third-order valence-electron chi connectivity index (χ3n) is 2.81. The molecule has 0 saturated carbocycles. The van der Waals surface area contributed by atoms with Crippen molar-refractivity contribution in [1.82, 2.24) is 24.3 Å². The minimum absolute atomic E-state index is 0.204. The summed E-state index contributed by atoms with van der Waals surface area (Å²) in [6, 6.07) is 3.21. The normalized spacial score (nSPS) is 10.5. The molecule has 0 aromatic carbocycles. The Morgan fingerprint density at radius 3 is 2.86 bits per heavy atom. The number of hydrogen-bond donors (Lipinski definition) is 2. The van der Waals surface area contributed by atoms with Crippen LogP contribution < -0.4 is 5.32 Å². The first-order valence-corrected chi connectivity index (χ1v) is 6.12. The predicted molar refractivity (Wildman–Crippen MR) is 74.8 cm³/mol. The molecular weight excluding hydrogens is 272 g/mol. The van der Waals surface area contributed by atoms with E-state index in [2.05, 4.69) is 20.4 Å². The van der Waals surface area contributed by atoms with Gasteiger partial charge in [-0.3, -0.25) is 4.68 Å². The van der Waals surface area contributed by atoms with Crippen LogP contribution in [-0.2, 0) is 7.05 Å². The summed E-state index contributed by atoms with van der Waals surface area (Å²) in [7, 11) is 1.82. The first kappa shape index (κ1) is 12.9. The van der Waals surface area contributed by atoms with Crippen LogP contribution in [0.4, 0.5) is 11.6 Å². The molecule has 0 atom stereocenters. The molecule has 3 aromatic rings. The largest absolute Gasteiger partial charge is 0.478 e. The Morgan fingerprint density at radius 1 is 1.33 bits per heavy atom. The Kier molecular flexibility index (Phi) is 3.11. The average molecular weight is 284 g/mol. The van der Waals surface area contributed by atoms with E-state index in [1.165, 1.54) is 12.3 Å². The predicted octanol–water partition coefficient (Wildman–Crippen LogP) is 1.44. The third kappa shape index (κ3) is 2.73. The molecule has 106 valence electrons. The second-order valence-electron chi connectivity index (χ2n) is 4.38. The maximum Gasteiger partial charge on any atom is 0.337 e. The Morgan fingerprint density at radius 2 is 2.19 bits per heavy atom. The number of carboxylic acid groups (broad SMARTS) is 1. The van der Waals surface area contributed by atoms with E-state index in [1.807, 2.05) is 7.05 Å². The van der Waals surface area contributed by atoms with Crippen LogP contribution in [0.5, 0.6) is 0 Å². The molecule has 0 aliphatic rings. The maximum atomic E-state index is 10.9. The molecule has 0 unspecified atom stereocenters. The van der Waals surface area contributed by atoms with Crippen molar-refractivity contribution in [3.8, 4) is 5.82 Å². The van der Waals surface area contributed by atoms with Crippen LogP contribution in [-0.4, -0.2) is 35.4 Å². The minimum Gasteiger partial charge on any atom is -0.478 e. The van der Waals surface area contributed by atoms with Crippen molar-refractivity contribution in [1.29, 1.82) is 0 Å². The van der Waals surface area contributed by atoms with E-state index in [0.717, 1.165) is 5.69 Å². The zero-order valence-electron chi connectivity index (χ0n) is 11.1. The highest BCUT2D eigenvalue weighted by Gasteiger charge is 2.07. The molecule has 3 aromatic heterocycles. The summed E-state index contributed by atoms with van der Waals surface area (Å²) in [6.45, 7) is 0. The molecule has 0 amide bonds. The number of aryl methyl sites for hydroxylation is 1. The van der Waals surface area contributed by atoms with Gasteiger partial charge in [0.15, 0.2) is 0 Å². The van der Waals surface area contributed by atoms with Crippen molar-refractivity contribution in [2.75, 3.05) is 5.32 Å². The molecule has 2 N–H and O–H groups in total. The van der Waals surface area contributed by atoms with Crippen LogP contribution >= 0.6 is 0 Å². The van der Waals surface area contributed by atoms with Gasteiger partial charge >= 0.3 is 5.97 Å². The molecule has 0 saturated heterocycles. The number of rotatable bonds is 4. The smallest absolute Gasteiger partial charge is 0.337 e. The molecule has 3 heterocycles. The summed E-state index contributed by atoms with van der Waals surface area (Å²) in [4.78, 5) is 19.3. The molecule has 0 fully saturated rings. The third-order valence-corrected chi connectivity index (χ3v) is 2.81. The molecule has 0 aliphatic heterocycles. The summed E-state index contributed by atoms with van der Waals surface area (Å²) in [5, 5.41) is 16.0. The number of anilines is 2. The molecule has 0 aliphatic carbocycles. The fourth-order valence-electron chi connectivity index (χ4n) is 1.83. The highest BCUT2D eigenvalue weighted by atomic mass is 16.4. The lowest BCUT2D eigenvalue weighted by Gasteiger charge is -2.05. The lowest BCUT2D eigenvalue weighted by Crippen LogP contribution is -2.01. The molecular formula is C13H12N6O2. The van der Waals surface area contributed by atoms with Crippen molar-refractivity contribution < 1.29 is 9.90 Å². The second kappa shape index (κ2) is 5.08. The number of aromatic nitrogens is 5. The molecule has 0 spiro atoms. The van der Waals surface area contributed by atoms with Crippen molar-refractivity contribution in [3.63, 3.8) is 0 Å². The second-order valence-corrected chi connectivity index (χ2v) is 4.38. The number of nitrogens with one attached hydrogen (secondary N) is 1. The van der Waals surface area contributed by atoms with Gasteiger partial charge in [-0.2, -0.15) is 10.1 Å². The molecule has 3 rings (SSSR count). The SMILES string of the molecule is Cn1cc(Nc2nccc(-n3ccc(C(=O)O)c3)n2)cn1. The van der Waals surface area contributed by atoms with Gasteiger partial charge < -0.3 is 15.0 Å². The van der Waals surface area contributed by atoms with Gasteiger partial charge in [-0.05, 0) is 12.1 Å². The van der Waals surface area contributed by atoms with Crippen molar-refractivity contribution >= 4 is 17.6 Å². The van der Waals surface area contributed by atoms with Crippen LogP contribution in [0.15, 0.2) is 43.1 Å². The Hall–Kier alpha value is -3.16. The van der Waals surface area contributed by atoms with E-state index in [-0.39, 0.29) is 5.56 Å². The van der Waals surface area contributed by atoms with Gasteiger partial charge in [-0.25, -0.2) is 9.78 Å². The molecule has 0 bridgehead atoms. The Balaban J connectivity index is 1.86. The topological polar surface area (TPSA) is 97.9 Å². The zero-order valence-corrected chi connectivity index (χ0v) is 11.1. The van der Waals surface area contributed by atoms with Gasteiger partial charge in [0, 0.05) is 31.8 Å². The zero-order chi connectivity index (χ0) is 14.8. The van der Waals surface area contributed by atoms with Gasteiger partial charge in [0.2, 0.25) is 5.95 Å². The highest BCUT2D eigenvalue weighted by Crippen LogP contribution is 2.13. The van der Waals surface area contributed by atoms with Gasteiger partial charge in [-0.1, -0.05) is 0 Å². The Labute approximate surface area is 119 Å². The van der Waals surface area contributed by atoms with E-state index in [4.69, 9.17) is 5.11 Å². The van der Waals surface area contributed by atoms with Crippen LogP contribution in [0.1, 0.15) is 10.4 Å². The first-order valence-electron chi connectivity index (χ1n) is 6.12. The number of nitrogens with zero attached hydrogens (tertiary/aromatic N) is 5. The monoisotopic (exact) mass is 284 g/mol. The van der Waals surface area contributed by atoms with E-state index >= 15 is 0 Å². The van der Waals surface area contributed by atoms with Gasteiger partial charge in [0.1, 0.15) is 5.82 Å². The summed E-state index contributed by atoms with van der Waals surface area (Å²) < 4.78 is 3.29. The van der Waals surface area contributed by atoms with Gasteiger partial charge in [0.25, 0.3) is 0 Å². The molecule has 21 heavy (non-hydrogen) atoms. The fraction of sp³-hybridized carbons (Fsp3) is 0.0769. The number of aromatic carboxylic acids is 1. The number of carbonyl (C=O) groups is 1. The lowest BCUT2D eigenvalue weighted by molar-refractivity contribution is 0.0697. The number of carboxylic acids is 1. The standard InChI is InChI=1S/C13H12N6O2/c1-18-8-10(6-15-18)16-13-14-4-2-11(17-13)19-5-3-9(7-19)12(20)21/h2-8H,1H3,(H,20,21)(H,14,16,17). The fourth-order valence-corrected chi connectivity index (χ4v) is 1.83. The van der Waals surface area contributed by atoms with Crippen LogP contribution in [0.3, 0.4) is 0 Å². The highest BCUT2D eigenvalue weighted by molar-refractivity contribution is 5.87. The Bertz CT molecular complexity index is 791. The number of hydrogen-bond acceptors (Lipinski definition) is 5. The van der Waals surface area contributed by atoms with Crippen molar-refractivity contribution in [3.05, 3.63) is 48.7 Å². The summed E-state index contributed by atoms with van der Waals surface area (Å²) in [6.07, 6.45) is 8.20. The van der Waals surface area contributed by atoms with Gasteiger partial charge in [-0.15, -0.1) is 0 Å². The quantitative estimate of drug-likeness (QED) is 0.752.